The van der Waals surface area contributed by atoms with Gasteiger partial charge in [-0.25, -0.2) is 8.78 Å². The predicted octanol–water partition coefficient (Wildman–Crippen LogP) is 4.27. The second kappa shape index (κ2) is 5.10. The van der Waals surface area contributed by atoms with E-state index in [0.29, 0.717) is 12.0 Å². The minimum atomic E-state index is -1.16. The molecule has 0 saturated heterocycles. The van der Waals surface area contributed by atoms with Crippen LogP contribution in [0.25, 0.3) is 0 Å². The van der Waals surface area contributed by atoms with E-state index >= 15 is 0 Å². The number of aliphatic hydroxyl groups excluding tert-OH is 1. The Bertz CT molecular complexity index is 494. The Balaban J connectivity index is 1.88. The molecule has 2 aliphatic carbocycles. The Labute approximate surface area is 119 Å². The molecule has 2 saturated carbocycles. The van der Waals surface area contributed by atoms with Gasteiger partial charge in [-0.2, -0.15) is 0 Å². The zero-order chi connectivity index (χ0) is 14.3. The second-order valence-corrected chi connectivity index (χ2v) is 6.68. The minimum absolute atomic E-state index is 0.103. The molecule has 1 nitrogen and oxygen atoms in total. The third kappa shape index (κ3) is 2.26. The number of benzene rings is 1. The van der Waals surface area contributed by atoms with Crippen molar-refractivity contribution in [1.29, 1.82) is 0 Å². The Hall–Kier alpha value is -0.960. The molecule has 1 N–H and O–H groups in total. The van der Waals surface area contributed by atoms with Crippen molar-refractivity contribution in [2.24, 2.45) is 5.41 Å². The molecule has 0 amide bonds. The smallest absolute Gasteiger partial charge is 0.127 e. The van der Waals surface area contributed by atoms with Crippen molar-refractivity contribution in [2.45, 2.75) is 63.6 Å². The van der Waals surface area contributed by atoms with E-state index in [9.17, 15) is 13.9 Å². The average molecular weight is 280 g/mol. The number of aliphatic hydroxyl groups is 1. The normalized spacial score (nSPS) is 32.7. The van der Waals surface area contributed by atoms with Crippen molar-refractivity contribution >= 4 is 0 Å². The summed E-state index contributed by atoms with van der Waals surface area (Å²) >= 11 is 0. The van der Waals surface area contributed by atoms with Gasteiger partial charge in [0.25, 0.3) is 0 Å². The molecular weight excluding hydrogens is 258 g/mol. The zero-order valence-electron chi connectivity index (χ0n) is 11.9. The van der Waals surface area contributed by atoms with Gasteiger partial charge in [0, 0.05) is 0 Å². The summed E-state index contributed by atoms with van der Waals surface area (Å²) in [5.41, 5.74) is 1.39. The van der Waals surface area contributed by atoms with Crippen molar-refractivity contribution in [2.75, 3.05) is 0 Å². The monoisotopic (exact) mass is 280 g/mol. The van der Waals surface area contributed by atoms with Gasteiger partial charge >= 0.3 is 0 Å². The molecule has 2 aliphatic rings. The van der Waals surface area contributed by atoms with E-state index in [4.69, 9.17) is 0 Å². The molecule has 3 heteroatoms. The lowest BCUT2D eigenvalue weighted by atomic mass is 9.64. The lowest BCUT2D eigenvalue weighted by Crippen LogP contribution is -2.45. The predicted molar refractivity (Wildman–Crippen MR) is 74.9 cm³/mol. The van der Waals surface area contributed by atoms with E-state index in [0.717, 1.165) is 37.7 Å². The highest BCUT2D eigenvalue weighted by Crippen LogP contribution is 2.53. The molecule has 110 valence electrons. The maximum Gasteiger partial charge on any atom is 0.127 e. The first-order valence-corrected chi connectivity index (χ1v) is 7.60. The fourth-order valence-corrected chi connectivity index (χ4v) is 4.23. The standard InChI is InChI=1S/C17H22F2O/c1-11-8-12(4-5-14(11)18)13-9-15(19)16(20)17(10-13)6-2-3-7-17/h4-5,8,13,15-16,20H,2-3,6-7,9-10H2,1H3/t13-,15-,16-/m1/s1. The molecule has 0 heterocycles. The Morgan fingerprint density at radius 3 is 2.60 bits per heavy atom. The van der Waals surface area contributed by atoms with Gasteiger partial charge in [0.15, 0.2) is 0 Å². The second-order valence-electron chi connectivity index (χ2n) is 6.68. The fraction of sp³-hybridized carbons (Fsp3) is 0.647. The first-order chi connectivity index (χ1) is 9.52. The minimum Gasteiger partial charge on any atom is -0.390 e. The topological polar surface area (TPSA) is 20.2 Å². The lowest BCUT2D eigenvalue weighted by molar-refractivity contribution is -0.0684. The molecule has 0 unspecified atom stereocenters. The molecule has 20 heavy (non-hydrogen) atoms. The zero-order valence-corrected chi connectivity index (χ0v) is 11.9. The third-order valence-corrected chi connectivity index (χ3v) is 5.39. The molecule has 3 rings (SSSR count). The van der Waals surface area contributed by atoms with Crippen LogP contribution < -0.4 is 0 Å². The maximum absolute atomic E-state index is 14.3. The number of hydrogen-bond donors (Lipinski definition) is 1. The van der Waals surface area contributed by atoms with Gasteiger partial charge in [-0.15, -0.1) is 0 Å². The third-order valence-electron chi connectivity index (χ3n) is 5.39. The van der Waals surface area contributed by atoms with Gasteiger partial charge < -0.3 is 5.11 Å². The summed E-state index contributed by atoms with van der Waals surface area (Å²) in [4.78, 5) is 0. The van der Waals surface area contributed by atoms with Crippen LogP contribution in [0.4, 0.5) is 8.78 Å². The largest absolute Gasteiger partial charge is 0.390 e. The number of hydrogen-bond acceptors (Lipinski definition) is 1. The van der Waals surface area contributed by atoms with Crippen molar-refractivity contribution < 1.29 is 13.9 Å². The highest BCUT2D eigenvalue weighted by atomic mass is 19.1. The lowest BCUT2D eigenvalue weighted by Gasteiger charge is -2.44. The van der Waals surface area contributed by atoms with Crippen molar-refractivity contribution in [3.8, 4) is 0 Å². The first kappa shape index (κ1) is 14.0. The molecule has 1 aromatic carbocycles. The number of halogens is 2. The van der Waals surface area contributed by atoms with E-state index in [2.05, 4.69) is 0 Å². The van der Waals surface area contributed by atoms with Gasteiger partial charge in [0.2, 0.25) is 0 Å². The Morgan fingerprint density at radius 2 is 1.95 bits per heavy atom. The van der Waals surface area contributed by atoms with Crippen LogP contribution >= 0.6 is 0 Å². The summed E-state index contributed by atoms with van der Waals surface area (Å²) in [6, 6.07) is 5.09. The van der Waals surface area contributed by atoms with E-state index in [1.54, 1.807) is 13.0 Å². The van der Waals surface area contributed by atoms with Crippen LogP contribution in [0.2, 0.25) is 0 Å². The summed E-state index contributed by atoms with van der Waals surface area (Å²) in [5, 5.41) is 10.3. The molecule has 0 aromatic heterocycles. The highest BCUT2D eigenvalue weighted by molar-refractivity contribution is 5.28. The van der Waals surface area contributed by atoms with Crippen molar-refractivity contribution in [3.63, 3.8) is 0 Å². The van der Waals surface area contributed by atoms with Crippen LogP contribution in [0.5, 0.6) is 0 Å². The molecule has 0 aliphatic heterocycles. The summed E-state index contributed by atoms with van der Waals surface area (Å²) in [6.45, 7) is 1.74. The molecule has 1 spiro atoms. The number of rotatable bonds is 1. The summed E-state index contributed by atoms with van der Waals surface area (Å²) in [6.07, 6.45) is 3.22. The van der Waals surface area contributed by atoms with Crippen LogP contribution in [0.3, 0.4) is 0 Å². The van der Waals surface area contributed by atoms with Gasteiger partial charge in [-0.1, -0.05) is 25.0 Å². The average Bonchev–Trinajstić information content (AvgIpc) is 2.88. The number of alkyl halides is 1. The van der Waals surface area contributed by atoms with Gasteiger partial charge in [0.1, 0.15) is 12.0 Å². The SMILES string of the molecule is Cc1cc([C@@H]2C[C@@H](F)[C@@H](O)C3(CCCC3)C2)ccc1F. The van der Waals surface area contributed by atoms with E-state index < -0.39 is 12.3 Å². The Kier molecular flexibility index (Phi) is 3.57. The quantitative estimate of drug-likeness (QED) is 0.814. The summed E-state index contributed by atoms with van der Waals surface area (Å²) < 4.78 is 27.7. The fourth-order valence-electron chi connectivity index (χ4n) is 4.23. The Morgan fingerprint density at radius 1 is 1.25 bits per heavy atom. The van der Waals surface area contributed by atoms with Crippen LogP contribution in [0.1, 0.15) is 55.6 Å². The summed E-state index contributed by atoms with van der Waals surface area (Å²) in [7, 11) is 0. The molecule has 0 bridgehead atoms. The maximum atomic E-state index is 14.3. The number of aryl methyl sites for hydroxylation is 1. The molecule has 1 aromatic rings. The van der Waals surface area contributed by atoms with E-state index in [1.165, 1.54) is 6.07 Å². The van der Waals surface area contributed by atoms with E-state index in [1.807, 2.05) is 6.07 Å². The van der Waals surface area contributed by atoms with E-state index in [-0.39, 0.29) is 17.2 Å². The first-order valence-electron chi connectivity index (χ1n) is 7.60. The van der Waals surface area contributed by atoms with Gasteiger partial charge in [-0.3, -0.25) is 0 Å². The van der Waals surface area contributed by atoms with Crippen LogP contribution in [-0.2, 0) is 0 Å². The van der Waals surface area contributed by atoms with Crippen LogP contribution in [0, 0.1) is 18.2 Å². The molecular formula is C17H22F2O. The molecule has 0 radical (unpaired) electrons. The molecule has 2 fully saturated rings. The van der Waals surface area contributed by atoms with Crippen LogP contribution in [0.15, 0.2) is 18.2 Å². The van der Waals surface area contributed by atoms with Gasteiger partial charge in [-0.05, 0) is 61.1 Å². The van der Waals surface area contributed by atoms with Crippen molar-refractivity contribution in [1.82, 2.24) is 0 Å². The van der Waals surface area contributed by atoms with Crippen molar-refractivity contribution in [3.05, 3.63) is 35.1 Å². The van der Waals surface area contributed by atoms with Crippen LogP contribution in [-0.4, -0.2) is 17.4 Å². The highest BCUT2D eigenvalue weighted by Gasteiger charge is 2.49. The van der Waals surface area contributed by atoms with Gasteiger partial charge in [0.05, 0.1) is 6.10 Å². The summed E-state index contributed by atoms with van der Waals surface area (Å²) in [5.74, 6) is -0.109. The molecule has 3 atom stereocenters.